The first kappa shape index (κ1) is 20.7. The number of hydrogen-bond donors (Lipinski definition) is 4. The van der Waals surface area contributed by atoms with Crippen LogP contribution < -0.4 is 21.3 Å². The van der Waals surface area contributed by atoms with E-state index in [4.69, 9.17) is 0 Å². The predicted molar refractivity (Wildman–Crippen MR) is 123 cm³/mol. The van der Waals surface area contributed by atoms with Gasteiger partial charge in [0.05, 0.1) is 0 Å². The maximum atomic E-state index is 12.5. The molecule has 0 saturated heterocycles. The lowest BCUT2D eigenvalue weighted by molar-refractivity contribution is 0.245. The Balaban J connectivity index is 1.09. The molecule has 31 heavy (non-hydrogen) atoms. The van der Waals surface area contributed by atoms with Crippen molar-refractivity contribution in [3.63, 3.8) is 0 Å². The average molecular weight is 425 g/mol. The molecular formula is C25H36N4O2. The van der Waals surface area contributed by atoms with Gasteiger partial charge in [0, 0.05) is 24.5 Å². The summed E-state index contributed by atoms with van der Waals surface area (Å²) in [4.78, 5) is 24.8. The molecule has 6 atom stereocenters. The second-order valence-corrected chi connectivity index (χ2v) is 10.6. The Bertz CT molecular complexity index is 841. The molecule has 4 N–H and O–H groups in total. The molecule has 0 heterocycles. The normalized spacial score (nSPS) is 32.8. The van der Waals surface area contributed by atoms with Gasteiger partial charge in [0.1, 0.15) is 0 Å². The van der Waals surface area contributed by atoms with Crippen LogP contribution in [0.25, 0.3) is 0 Å². The van der Waals surface area contributed by atoms with Crippen LogP contribution in [-0.4, -0.2) is 25.2 Å². The van der Waals surface area contributed by atoms with Crippen LogP contribution >= 0.6 is 0 Å². The summed E-state index contributed by atoms with van der Waals surface area (Å²) >= 11 is 0. The Labute approximate surface area is 185 Å². The van der Waals surface area contributed by atoms with Gasteiger partial charge >= 0.3 is 12.1 Å². The van der Waals surface area contributed by atoms with Gasteiger partial charge in [0.15, 0.2) is 0 Å². The van der Waals surface area contributed by atoms with Crippen LogP contribution in [0.15, 0.2) is 18.2 Å². The molecule has 4 bridgehead atoms. The highest BCUT2D eigenvalue weighted by molar-refractivity contribution is 5.93. The molecule has 4 fully saturated rings. The fraction of sp³-hybridized carbons (Fsp3) is 0.680. The summed E-state index contributed by atoms with van der Waals surface area (Å²) in [5, 5.41) is 12.0. The highest BCUT2D eigenvalue weighted by Gasteiger charge is 2.40. The van der Waals surface area contributed by atoms with E-state index in [0.29, 0.717) is 17.5 Å². The molecule has 0 aliphatic heterocycles. The zero-order valence-electron chi connectivity index (χ0n) is 18.6. The van der Waals surface area contributed by atoms with Gasteiger partial charge in [-0.1, -0.05) is 18.9 Å². The number of carbonyl (C=O) groups excluding carboxylic acids is 2. The summed E-state index contributed by atoms with van der Waals surface area (Å²) in [5.74, 6) is 4.66. The van der Waals surface area contributed by atoms with Crippen LogP contribution in [0.1, 0.15) is 56.9 Å². The van der Waals surface area contributed by atoms with Gasteiger partial charge in [-0.2, -0.15) is 0 Å². The largest absolute Gasteiger partial charge is 0.338 e. The minimum Gasteiger partial charge on any atom is -0.338 e. The molecule has 6 nitrogen and oxygen atoms in total. The lowest BCUT2D eigenvalue weighted by Gasteiger charge is -2.22. The van der Waals surface area contributed by atoms with E-state index in [-0.39, 0.29) is 12.1 Å². The van der Waals surface area contributed by atoms with Crippen molar-refractivity contribution in [2.75, 3.05) is 23.7 Å². The summed E-state index contributed by atoms with van der Waals surface area (Å²) in [6.07, 6.45) is 10.6. The molecule has 1 aromatic carbocycles. The highest BCUT2D eigenvalue weighted by atomic mass is 16.2. The lowest BCUT2D eigenvalue weighted by Crippen LogP contribution is -2.35. The maximum Gasteiger partial charge on any atom is 0.319 e. The van der Waals surface area contributed by atoms with Crippen molar-refractivity contribution in [1.82, 2.24) is 10.6 Å². The number of anilines is 2. The molecule has 4 aliphatic carbocycles. The summed E-state index contributed by atoms with van der Waals surface area (Å²) in [6, 6.07) is 5.31. The van der Waals surface area contributed by atoms with Gasteiger partial charge in [-0.25, -0.2) is 9.59 Å². The molecule has 5 rings (SSSR count). The van der Waals surface area contributed by atoms with Crippen molar-refractivity contribution < 1.29 is 9.59 Å². The molecule has 4 saturated carbocycles. The number of amides is 4. The predicted octanol–water partition coefficient (Wildman–Crippen LogP) is 5.11. The van der Waals surface area contributed by atoms with Crippen LogP contribution in [0.5, 0.6) is 0 Å². The van der Waals surface area contributed by atoms with E-state index < -0.39 is 0 Å². The third-order valence-electron chi connectivity index (χ3n) is 8.56. The lowest BCUT2D eigenvalue weighted by atomic mass is 9.89. The molecule has 4 aliphatic rings. The van der Waals surface area contributed by atoms with Crippen molar-refractivity contribution >= 4 is 23.4 Å². The molecule has 1 aromatic rings. The van der Waals surface area contributed by atoms with Crippen LogP contribution in [0, 0.1) is 42.4 Å². The van der Waals surface area contributed by atoms with E-state index in [2.05, 4.69) is 21.3 Å². The van der Waals surface area contributed by atoms with Gasteiger partial charge in [0.2, 0.25) is 0 Å². The third kappa shape index (κ3) is 4.68. The number of benzene rings is 1. The molecule has 0 aromatic heterocycles. The van der Waals surface area contributed by atoms with Gasteiger partial charge in [-0.15, -0.1) is 0 Å². The fourth-order valence-electron chi connectivity index (χ4n) is 6.88. The number of nitrogens with one attached hydrogen (secondary N) is 4. The van der Waals surface area contributed by atoms with E-state index in [1.54, 1.807) is 0 Å². The molecular weight excluding hydrogens is 388 g/mol. The summed E-state index contributed by atoms with van der Waals surface area (Å²) in [7, 11) is 0. The van der Waals surface area contributed by atoms with Crippen LogP contribution in [0.2, 0.25) is 0 Å². The van der Waals surface area contributed by atoms with Crippen molar-refractivity contribution in [2.24, 2.45) is 35.5 Å². The minimum absolute atomic E-state index is 0.163. The quantitative estimate of drug-likeness (QED) is 0.512. The average Bonchev–Trinajstić information content (AvgIpc) is 3.55. The smallest absolute Gasteiger partial charge is 0.319 e. The summed E-state index contributed by atoms with van der Waals surface area (Å²) < 4.78 is 0. The molecule has 0 spiro atoms. The van der Waals surface area contributed by atoms with Gasteiger partial charge in [-0.05, 0) is 98.7 Å². The number of aryl methyl sites for hydroxylation is 1. The molecule has 0 radical (unpaired) electrons. The Kier molecular flexibility index (Phi) is 5.81. The zero-order valence-corrected chi connectivity index (χ0v) is 18.6. The number of hydrogen-bond acceptors (Lipinski definition) is 2. The number of carbonyl (C=O) groups is 2. The molecule has 0 unspecified atom stereocenters. The number of urea groups is 2. The summed E-state index contributed by atoms with van der Waals surface area (Å²) in [6.45, 7) is 3.48. The number of rotatable bonds is 6. The second-order valence-electron chi connectivity index (χ2n) is 10.6. The first-order valence-corrected chi connectivity index (χ1v) is 12.2. The molecule has 4 amide bonds. The minimum atomic E-state index is -0.168. The molecule has 6 heteroatoms. The Morgan fingerprint density at radius 2 is 1.39 bits per heavy atom. The first-order chi connectivity index (χ1) is 15.0. The Morgan fingerprint density at radius 1 is 0.806 bits per heavy atom. The van der Waals surface area contributed by atoms with Crippen molar-refractivity contribution in [1.29, 1.82) is 0 Å². The van der Waals surface area contributed by atoms with Gasteiger partial charge in [0.25, 0.3) is 0 Å². The Hall–Kier alpha value is -2.24. The molecule has 168 valence electrons. The summed E-state index contributed by atoms with van der Waals surface area (Å²) in [5.41, 5.74) is 2.40. The van der Waals surface area contributed by atoms with E-state index in [0.717, 1.165) is 48.0 Å². The van der Waals surface area contributed by atoms with Gasteiger partial charge < -0.3 is 21.3 Å². The topological polar surface area (TPSA) is 82.3 Å². The van der Waals surface area contributed by atoms with Crippen LogP contribution in [0.3, 0.4) is 0 Å². The van der Waals surface area contributed by atoms with E-state index in [1.165, 1.54) is 51.4 Å². The van der Waals surface area contributed by atoms with E-state index in [9.17, 15) is 9.59 Å². The monoisotopic (exact) mass is 424 g/mol. The van der Waals surface area contributed by atoms with Crippen LogP contribution in [0.4, 0.5) is 21.0 Å². The zero-order chi connectivity index (χ0) is 21.4. The number of fused-ring (bicyclic) bond motifs is 4. The highest BCUT2D eigenvalue weighted by Crippen LogP contribution is 2.48. The maximum absolute atomic E-state index is 12.5. The van der Waals surface area contributed by atoms with E-state index >= 15 is 0 Å². The van der Waals surface area contributed by atoms with E-state index in [1.807, 2.05) is 25.1 Å². The van der Waals surface area contributed by atoms with Crippen LogP contribution in [-0.2, 0) is 0 Å². The standard InChI is InChI=1S/C25H36N4O2/c1-15-2-7-22(28-24(30)26-13-20-10-16-3-5-18(20)8-16)12-23(15)29-25(31)27-14-21-11-17-4-6-19(21)9-17/h2,7,12,16-21H,3-6,8-11,13-14H2,1H3,(H2,26,28,30)(H2,27,29,31)/t16-,17-,18-,19-,20+,21-/m0/s1. The SMILES string of the molecule is Cc1ccc(NC(=O)NC[C@H]2C[C@H]3CC[C@H]2C3)cc1NC(=O)NC[C@@H]1C[C@H]2CC[C@H]1C2. The fourth-order valence-corrected chi connectivity index (χ4v) is 6.88. The van der Waals surface area contributed by atoms with Crippen molar-refractivity contribution in [3.05, 3.63) is 23.8 Å². The van der Waals surface area contributed by atoms with Crippen molar-refractivity contribution in [2.45, 2.75) is 58.3 Å². The second kappa shape index (κ2) is 8.71. The third-order valence-corrected chi connectivity index (χ3v) is 8.56. The van der Waals surface area contributed by atoms with Gasteiger partial charge in [-0.3, -0.25) is 0 Å². The first-order valence-electron chi connectivity index (χ1n) is 12.2. The van der Waals surface area contributed by atoms with Crippen molar-refractivity contribution in [3.8, 4) is 0 Å². The Morgan fingerprint density at radius 3 is 1.90 bits per heavy atom.